The van der Waals surface area contributed by atoms with E-state index in [1.165, 1.54) is 12.1 Å². The third-order valence-corrected chi connectivity index (χ3v) is 4.82. The molecule has 0 aliphatic heterocycles. The fraction of sp³-hybridized carbons (Fsp3) is 0.167. The van der Waals surface area contributed by atoms with Crippen LogP contribution in [0.4, 0.5) is 4.39 Å². The van der Waals surface area contributed by atoms with Gasteiger partial charge in [0, 0.05) is 31.5 Å². The quantitative estimate of drug-likeness (QED) is 0.471. The molecule has 2 heterocycles. The van der Waals surface area contributed by atoms with Crippen LogP contribution in [0.15, 0.2) is 73.1 Å². The smallest absolute Gasteiger partial charge is 0.253 e. The Hall–Kier alpha value is -3.67. The monoisotopic (exact) mass is 403 g/mol. The van der Waals surface area contributed by atoms with E-state index >= 15 is 0 Å². The van der Waals surface area contributed by atoms with Crippen molar-refractivity contribution >= 4 is 11.6 Å². The number of aryl methyl sites for hydroxylation is 1. The van der Waals surface area contributed by atoms with E-state index < -0.39 is 0 Å². The maximum atomic E-state index is 13.0. The van der Waals surface area contributed by atoms with Gasteiger partial charge < -0.3 is 14.0 Å². The van der Waals surface area contributed by atoms with E-state index in [-0.39, 0.29) is 11.7 Å². The van der Waals surface area contributed by atoms with Crippen molar-refractivity contribution in [1.29, 1.82) is 0 Å². The van der Waals surface area contributed by atoms with Crippen molar-refractivity contribution in [1.82, 2.24) is 14.3 Å². The number of amides is 1. The molecule has 0 radical (unpaired) electrons. The van der Waals surface area contributed by atoms with Gasteiger partial charge >= 0.3 is 0 Å². The number of benzene rings is 2. The molecule has 0 N–H and O–H groups in total. The molecule has 0 spiro atoms. The minimum absolute atomic E-state index is 0.110. The van der Waals surface area contributed by atoms with Gasteiger partial charge in [0.15, 0.2) is 0 Å². The number of hydrogen-bond donors (Lipinski definition) is 0. The Bertz CT molecular complexity index is 1170. The van der Waals surface area contributed by atoms with Crippen LogP contribution < -0.4 is 4.74 Å². The molecule has 0 saturated carbocycles. The zero-order chi connectivity index (χ0) is 21.1. The first-order valence-electron chi connectivity index (χ1n) is 9.65. The summed E-state index contributed by atoms with van der Waals surface area (Å²) in [5.74, 6) is 0.268. The number of halogens is 1. The highest BCUT2D eigenvalue weighted by molar-refractivity contribution is 5.94. The molecular weight excluding hydrogens is 381 g/mol. The lowest BCUT2D eigenvalue weighted by Gasteiger charge is -2.17. The first-order chi connectivity index (χ1) is 14.5. The molecule has 4 rings (SSSR count). The molecule has 6 heteroatoms. The SMILES string of the molecule is Cc1ccc2nc(COc3ccc(C(=O)N(C)Cc4ccc(F)cc4)cc3)cn2c1. The highest BCUT2D eigenvalue weighted by atomic mass is 19.1. The lowest BCUT2D eigenvalue weighted by atomic mass is 10.1. The Morgan fingerprint density at radius 2 is 1.77 bits per heavy atom. The van der Waals surface area contributed by atoms with E-state index in [1.807, 2.05) is 35.9 Å². The van der Waals surface area contributed by atoms with Gasteiger partial charge in [-0.2, -0.15) is 0 Å². The second-order valence-electron chi connectivity index (χ2n) is 7.30. The molecule has 1 amide bonds. The van der Waals surface area contributed by atoms with Crippen molar-refractivity contribution in [2.24, 2.45) is 0 Å². The molecule has 0 fully saturated rings. The lowest BCUT2D eigenvalue weighted by molar-refractivity contribution is 0.0785. The first kappa shape index (κ1) is 19.6. The molecule has 30 heavy (non-hydrogen) atoms. The molecule has 5 nitrogen and oxygen atoms in total. The number of carbonyl (C=O) groups excluding carboxylic acids is 1. The Morgan fingerprint density at radius 3 is 2.50 bits per heavy atom. The van der Waals surface area contributed by atoms with E-state index in [0.29, 0.717) is 24.5 Å². The standard InChI is InChI=1S/C24H22FN3O2/c1-17-3-12-23-26-21(15-28(23)13-17)16-30-22-10-6-19(7-11-22)24(29)27(2)14-18-4-8-20(25)9-5-18/h3-13,15H,14,16H2,1-2H3. The van der Waals surface area contributed by atoms with Gasteiger partial charge in [0.25, 0.3) is 5.91 Å². The molecule has 0 atom stereocenters. The van der Waals surface area contributed by atoms with Crippen molar-refractivity contribution in [2.75, 3.05) is 7.05 Å². The van der Waals surface area contributed by atoms with Crippen molar-refractivity contribution < 1.29 is 13.9 Å². The van der Waals surface area contributed by atoms with E-state index in [4.69, 9.17) is 4.74 Å². The average molecular weight is 403 g/mol. The van der Waals surface area contributed by atoms with E-state index in [9.17, 15) is 9.18 Å². The van der Waals surface area contributed by atoms with Crippen LogP contribution in [0.3, 0.4) is 0 Å². The molecule has 0 aliphatic carbocycles. The number of nitrogens with zero attached hydrogens (tertiary/aromatic N) is 3. The van der Waals surface area contributed by atoms with Crippen LogP contribution in [0.25, 0.3) is 5.65 Å². The first-order valence-corrected chi connectivity index (χ1v) is 9.65. The Balaban J connectivity index is 1.36. The summed E-state index contributed by atoms with van der Waals surface area (Å²) in [6.07, 6.45) is 3.97. The zero-order valence-corrected chi connectivity index (χ0v) is 16.9. The minimum atomic E-state index is -0.290. The van der Waals surface area contributed by atoms with Crippen LogP contribution >= 0.6 is 0 Å². The van der Waals surface area contributed by atoms with Crippen LogP contribution in [-0.2, 0) is 13.2 Å². The van der Waals surface area contributed by atoms with E-state index in [1.54, 1.807) is 48.3 Å². The summed E-state index contributed by atoms with van der Waals surface area (Å²) >= 11 is 0. The fourth-order valence-electron chi connectivity index (χ4n) is 3.23. The highest BCUT2D eigenvalue weighted by Crippen LogP contribution is 2.17. The number of pyridine rings is 1. The van der Waals surface area contributed by atoms with Crippen molar-refractivity contribution in [2.45, 2.75) is 20.1 Å². The molecule has 2 aromatic carbocycles. The van der Waals surface area contributed by atoms with Crippen LogP contribution in [0.1, 0.15) is 27.2 Å². The van der Waals surface area contributed by atoms with Crippen molar-refractivity contribution in [3.63, 3.8) is 0 Å². The van der Waals surface area contributed by atoms with Gasteiger partial charge in [-0.1, -0.05) is 18.2 Å². The van der Waals surface area contributed by atoms with Gasteiger partial charge in [-0.05, 0) is 60.5 Å². The van der Waals surface area contributed by atoms with Gasteiger partial charge in [0.05, 0.1) is 5.69 Å². The van der Waals surface area contributed by atoms with Gasteiger partial charge in [-0.3, -0.25) is 4.79 Å². The number of fused-ring (bicyclic) bond motifs is 1. The number of aromatic nitrogens is 2. The molecule has 0 unspecified atom stereocenters. The Kier molecular flexibility index (Phi) is 5.48. The van der Waals surface area contributed by atoms with Crippen molar-refractivity contribution in [3.8, 4) is 5.75 Å². The Morgan fingerprint density at radius 1 is 1.03 bits per heavy atom. The third kappa shape index (κ3) is 4.49. The van der Waals surface area contributed by atoms with Gasteiger partial charge in [0.1, 0.15) is 23.8 Å². The van der Waals surface area contributed by atoms with E-state index in [2.05, 4.69) is 4.98 Å². The van der Waals surface area contributed by atoms with Gasteiger partial charge in [-0.25, -0.2) is 9.37 Å². The predicted octanol–water partition coefficient (Wildman–Crippen LogP) is 4.63. The summed E-state index contributed by atoms with van der Waals surface area (Å²) < 4.78 is 20.8. The topological polar surface area (TPSA) is 46.8 Å². The zero-order valence-electron chi connectivity index (χ0n) is 16.9. The second-order valence-corrected chi connectivity index (χ2v) is 7.30. The minimum Gasteiger partial charge on any atom is -0.487 e. The second kappa shape index (κ2) is 8.37. The largest absolute Gasteiger partial charge is 0.487 e. The maximum Gasteiger partial charge on any atom is 0.253 e. The molecule has 2 aromatic heterocycles. The molecule has 0 bridgehead atoms. The molecule has 152 valence electrons. The number of imidazole rings is 1. The maximum absolute atomic E-state index is 13.0. The predicted molar refractivity (Wildman–Crippen MR) is 113 cm³/mol. The number of rotatable bonds is 6. The lowest BCUT2D eigenvalue weighted by Crippen LogP contribution is -2.26. The number of hydrogen-bond acceptors (Lipinski definition) is 3. The Labute approximate surface area is 174 Å². The summed E-state index contributed by atoms with van der Waals surface area (Å²) in [7, 11) is 1.72. The summed E-state index contributed by atoms with van der Waals surface area (Å²) in [6.45, 7) is 2.79. The van der Waals surface area contributed by atoms with Crippen LogP contribution in [0.2, 0.25) is 0 Å². The summed E-state index contributed by atoms with van der Waals surface area (Å²) in [4.78, 5) is 18.8. The van der Waals surface area contributed by atoms with Gasteiger partial charge in [-0.15, -0.1) is 0 Å². The number of ether oxygens (including phenoxy) is 1. The summed E-state index contributed by atoms with van der Waals surface area (Å²) in [6, 6.07) is 17.2. The van der Waals surface area contributed by atoms with Crippen LogP contribution in [0.5, 0.6) is 5.75 Å². The molecule has 0 aliphatic rings. The average Bonchev–Trinajstić information content (AvgIpc) is 3.15. The molecular formula is C24H22FN3O2. The normalized spacial score (nSPS) is 10.9. The van der Waals surface area contributed by atoms with Gasteiger partial charge in [0.2, 0.25) is 0 Å². The molecule has 4 aromatic rings. The van der Waals surface area contributed by atoms with E-state index in [0.717, 1.165) is 22.5 Å². The van der Waals surface area contributed by atoms with Crippen molar-refractivity contribution in [3.05, 3.63) is 101 Å². The van der Waals surface area contributed by atoms with Crippen LogP contribution in [0, 0.1) is 12.7 Å². The highest BCUT2D eigenvalue weighted by Gasteiger charge is 2.12. The molecule has 0 saturated heterocycles. The van der Waals surface area contributed by atoms with Crippen LogP contribution in [-0.4, -0.2) is 27.2 Å². The fourth-order valence-corrected chi connectivity index (χ4v) is 3.23. The third-order valence-electron chi connectivity index (χ3n) is 4.82. The number of carbonyl (C=O) groups is 1. The summed E-state index contributed by atoms with van der Waals surface area (Å²) in [5, 5.41) is 0. The summed E-state index contributed by atoms with van der Waals surface area (Å²) in [5.41, 5.74) is 4.31.